The van der Waals surface area contributed by atoms with Crippen molar-refractivity contribution in [2.45, 2.75) is 18.4 Å². The summed E-state index contributed by atoms with van der Waals surface area (Å²) < 4.78 is 21.8. The number of nitrogens with zero attached hydrogens (tertiary/aromatic N) is 2. The molecule has 0 unspecified atom stereocenters. The summed E-state index contributed by atoms with van der Waals surface area (Å²) in [5, 5.41) is 10.1. The number of hydrogen-bond acceptors (Lipinski definition) is 6. The zero-order valence-corrected chi connectivity index (χ0v) is 15.5. The second kappa shape index (κ2) is 6.06. The molecule has 28 heavy (non-hydrogen) atoms. The topological polar surface area (TPSA) is 81.0 Å². The van der Waals surface area contributed by atoms with Gasteiger partial charge in [-0.2, -0.15) is 5.26 Å². The van der Waals surface area contributed by atoms with Crippen LogP contribution in [0, 0.1) is 11.3 Å². The van der Waals surface area contributed by atoms with Crippen LogP contribution in [0.3, 0.4) is 0 Å². The maximum absolute atomic E-state index is 13.1. The van der Waals surface area contributed by atoms with E-state index in [-0.39, 0.29) is 18.7 Å². The number of amides is 1. The van der Waals surface area contributed by atoms with Gasteiger partial charge in [0.1, 0.15) is 0 Å². The number of benzene rings is 2. The summed E-state index contributed by atoms with van der Waals surface area (Å²) in [5.74, 6) is 1.77. The number of carbonyl (C=O) groups excluding carboxylic acids is 1. The summed E-state index contributed by atoms with van der Waals surface area (Å²) in [6, 6.07) is 9.40. The molecule has 1 amide bonds. The number of hydrogen-bond donors (Lipinski definition) is 0. The molecule has 0 radical (unpaired) electrons. The van der Waals surface area contributed by atoms with Gasteiger partial charge in [0.05, 0.1) is 32.2 Å². The molecule has 0 saturated carbocycles. The summed E-state index contributed by atoms with van der Waals surface area (Å²) in [6.45, 7) is 0.705. The van der Waals surface area contributed by atoms with Gasteiger partial charge >= 0.3 is 0 Å². The Hall–Kier alpha value is -3.40. The van der Waals surface area contributed by atoms with Gasteiger partial charge in [-0.3, -0.25) is 4.79 Å². The minimum Gasteiger partial charge on any atom is -0.493 e. The van der Waals surface area contributed by atoms with Crippen molar-refractivity contribution in [3.05, 3.63) is 46.5 Å². The molecule has 0 N–H and O–H groups in total. The van der Waals surface area contributed by atoms with E-state index in [1.165, 1.54) is 0 Å². The SMILES string of the molecule is COc1cc2c(cc1OC)[C@H]1[C@@H](C#N)c3cc4c(cc3CCN1C2=O)OCO4. The molecule has 0 fully saturated rings. The van der Waals surface area contributed by atoms with Gasteiger partial charge in [-0.05, 0) is 47.4 Å². The first kappa shape index (κ1) is 16.8. The molecule has 5 rings (SSSR count). The third-order valence-corrected chi connectivity index (χ3v) is 5.75. The van der Waals surface area contributed by atoms with E-state index in [1.807, 2.05) is 18.2 Å². The van der Waals surface area contributed by atoms with Gasteiger partial charge < -0.3 is 23.8 Å². The van der Waals surface area contributed by atoms with E-state index in [4.69, 9.17) is 18.9 Å². The van der Waals surface area contributed by atoms with Gasteiger partial charge in [0, 0.05) is 12.1 Å². The fourth-order valence-electron chi connectivity index (χ4n) is 4.43. The van der Waals surface area contributed by atoms with Gasteiger partial charge in [0.25, 0.3) is 5.91 Å². The fraction of sp³-hybridized carbons (Fsp3) is 0.333. The van der Waals surface area contributed by atoms with Crippen molar-refractivity contribution in [1.29, 1.82) is 5.26 Å². The number of fused-ring (bicyclic) bond motifs is 5. The van der Waals surface area contributed by atoms with E-state index < -0.39 is 5.92 Å². The third kappa shape index (κ3) is 2.18. The van der Waals surface area contributed by atoms with Crippen molar-refractivity contribution in [3.63, 3.8) is 0 Å². The molecule has 2 aromatic carbocycles. The van der Waals surface area contributed by atoms with E-state index in [0.717, 1.165) is 16.7 Å². The Bertz CT molecular complexity index is 1040. The van der Waals surface area contributed by atoms with Gasteiger partial charge in [-0.1, -0.05) is 0 Å². The predicted molar refractivity (Wildman–Crippen MR) is 97.9 cm³/mol. The Morgan fingerprint density at radius 1 is 1.07 bits per heavy atom. The second-order valence-corrected chi connectivity index (χ2v) is 7.00. The Morgan fingerprint density at radius 2 is 1.79 bits per heavy atom. The van der Waals surface area contributed by atoms with Crippen molar-refractivity contribution in [3.8, 4) is 29.1 Å². The van der Waals surface area contributed by atoms with E-state index in [2.05, 4.69) is 6.07 Å². The normalized spacial score (nSPS) is 21.3. The minimum absolute atomic E-state index is 0.0888. The molecule has 2 aromatic rings. The first-order chi connectivity index (χ1) is 13.7. The van der Waals surface area contributed by atoms with Crippen LogP contribution in [0.1, 0.15) is 39.0 Å². The highest BCUT2D eigenvalue weighted by Crippen LogP contribution is 2.50. The molecule has 7 nitrogen and oxygen atoms in total. The first-order valence-electron chi connectivity index (χ1n) is 9.05. The lowest BCUT2D eigenvalue weighted by molar-refractivity contribution is 0.0724. The molecule has 0 aliphatic carbocycles. The third-order valence-electron chi connectivity index (χ3n) is 5.75. The van der Waals surface area contributed by atoms with Crippen LogP contribution in [0.15, 0.2) is 24.3 Å². The van der Waals surface area contributed by atoms with Crippen LogP contribution in [0.5, 0.6) is 23.0 Å². The average molecular weight is 378 g/mol. The van der Waals surface area contributed by atoms with Crippen molar-refractivity contribution in [1.82, 2.24) is 4.90 Å². The van der Waals surface area contributed by atoms with Crippen LogP contribution in [0.4, 0.5) is 0 Å². The Labute approximate surface area is 162 Å². The second-order valence-electron chi connectivity index (χ2n) is 7.00. The lowest BCUT2D eigenvalue weighted by Gasteiger charge is -2.26. The maximum atomic E-state index is 13.1. The van der Waals surface area contributed by atoms with Gasteiger partial charge in [-0.25, -0.2) is 0 Å². The Balaban J connectivity index is 1.69. The molecule has 0 aromatic heterocycles. The van der Waals surface area contributed by atoms with Crippen molar-refractivity contribution >= 4 is 5.91 Å². The van der Waals surface area contributed by atoms with Crippen LogP contribution >= 0.6 is 0 Å². The Morgan fingerprint density at radius 3 is 2.50 bits per heavy atom. The molecule has 3 aliphatic rings. The van der Waals surface area contributed by atoms with E-state index >= 15 is 0 Å². The highest BCUT2D eigenvalue weighted by molar-refractivity contribution is 6.00. The summed E-state index contributed by atoms with van der Waals surface area (Å²) in [4.78, 5) is 14.9. The van der Waals surface area contributed by atoms with E-state index in [1.54, 1.807) is 25.2 Å². The molecule has 0 saturated heterocycles. The summed E-state index contributed by atoms with van der Waals surface area (Å²) in [6.07, 6.45) is 0.647. The lowest BCUT2D eigenvalue weighted by atomic mass is 9.85. The molecule has 0 spiro atoms. The molecule has 2 atom stereocenters. The standard InChI is InChI=1S/C21H18N2O5/c1-25-16-7-13-14(8-17(16)26-2)21(24)23-4-3-11-5-18-19(28-10-27-18)6-12(11)15(9-22)20(13)23/h5-8,15,20H,3-4,10H2,1-2H3/t15-,20-/m0/s1. The zero-order valence-electron chi connectivity index (χ0n) is 15.5. The number of ether oxygens (including phenoxy) is 4. The Kier molecular flexibility index (Phi) is 3.63. The molecule has 3 aliphatic heterocycles. The quantitative estimate of drug-likeness (QED) is 0.799. The summed E-state index contributed by atoms with van der Waals surface area (Å²) >= 11 is 0. The molecule has 0 bridgehead atoms. The van der Waals surface area contributed by atoms with Crippen molar-refractivity contribution in [2.75, 3.05) is 27.6 Å². The number of carbonyl (C=O) groups is 1. The zero-order chi connectivity index (χ0) is 19.4. The van der Waals surface area contributed by atoms with Crippen LogP contribution in [-0.4, -0.2) is 38.4 Å². The van der Waals surface area contributed by atoms with Crippen molar-refractivity contribution in [2.24, 2.45) is 0 Å². The summed E-state index contributed by atoms with van der Waals surface area (Å²) in [5.41, 5.74) is 3.25. The van der Waals surface area contributed by atoms with E-state index in [0.29, 0.717) is 41.5 Å². The van der Waals surface area contributed by atoms with Gasteiger partial charge in [0.2, 0.25) is 6.79 Å². The smallest absolute Gasteiger partial charge is 0.254 e. The van der Waals surface area contributed by atoms with Gasteiger partial charge in [-0.15, -0.1) is 0 Å². The highest BCUT2D eigenvalue weighted by Gasteiger charge is 2.45. The monoisotopic (exact) mass is 378 g/mol. The number of rotatable bonds is 2. The van der Waals surface area contributed by atoms with Crippen LogP contribution in [0.25, 0.3) is 0 Å². The van der Waals surface area contributed by atoms with Crippen LogP contribution < -0.4 is 18.9 Å². The van der Waals surface area contributed by atoms with Crippen LogP contribution in [-0.2, 0) is 6.42 Å². The highest BCUT2D eigenvalue weighted by atomic mass is 16.7. The largest absolute Gasteiger partial charge is 0.493 e. The van der Waals surface area contributed by atoms with E-state index in [9.17, 15) is 10.1 Å². The molecule has 7 heteroatoms. The molecular formula is C21H18N2O5. The number of nitriles is 1. The maximum Gasteiger partial charge on any atom is 0.254 e. The van der Waals surface area contributed by atoms with Crippen LogP contribution in [0.2, 0.25) is 0 Å². The molecule has 3 heterocycles. The molecular weight excluding hydrogens is 360 g/mol. The first-order valence-corrected chi connectivity index (χ1v) is 9.05. The fourth-order valence-corrected chi connectivity index (χ4v) is 4.43. The van der Waals surface area contributed by atoms with Crippen molar-refractivity contribution < 1.29 is 23.7 Å². The number of methoxy groups -OCH3 is 2. The predicted octanol–water partition coefficient (Wildman–Crippen LogP) is 2.79. The van der Waals surface area contributed by atoms with Gasteiger partial charge in [0.15, 0.2) is 23.0 Å². The molecule has 142 valence electrons. The lowest BCUT2D eigenvalue weighted by Crippen LogP contribution is -2.31. The minimum atomic E-state index is -0.518. The summed E-state index contributed by atoms with van der Waals surface area (Å²) in [7, 11) is 3.10. The average Bonchev–Trinajstić information content (AvgIpc) is 3.23.